The van der Waals surface area contributed by atoms with E-state index in [0.29, 0.717) is 5.56 Å². The van der Waals surface area contributed by atoms with E-state index >= 15 is 0 Å². The Morgan fingerprint density at radius 1 is 1.20 bits per heavy atom. The molecule has 0 bridgehead atoms. The van der Waals surface area contributed by atoms with Gasteiger partial charge in [0.1, 0.15) is 0 Å². The fraction of sp³-hybridized carbons (Fsp3) is 0.500. The van der Waals surface area contributed by atoms with E-state index in [4.69, 9.17) is 4.74 Å². The zero-order chi connectivity index (χ0) is 19.3. The van der Waals surface area contributed by atoms with Crippen molar-refractivity contribution in [1.29, 1.82) is 0 Å². The molecule has 1 aromatic carbocycles. The summed E-state index contributed by atoms with van der Waals surface area (Å²) in [6, 6.07) is 6.03. The van der Waals surface area contributed by atoms with Crippen LogP contribution in [0.15, 0.2) is 24.3 Å². The number of aryl methyl sites for hydroxylation is 1. The van der Waals surface area contributed by atoms with E-state index in [1.54, 1.807) is 24.4 Å². The van der Waals surface area contributed by atoms with Gasteiger partial charge < -0.3 is 14.8 Å². The average molecular weight is 362 g/mol. The molecular formula is C16H21F3N2O4. The first-order chi connectivity index (χ1) is 11.5. The first kappa shape index (κ1) is 20.6. The summed E-state index contributed by atoms with van der Waals surface area (Å²) in [5.41, 5.74) is -3.03. The van der Waals surface area contributed by atoms with Crippen LogP contribution in [0.1, 0.15) is 26.3 Å². The number of ether oxygens (including phenoxy) is 2. The minimum atomic E-state index is -5.20. The van der Waals surface area contributed by atoms with E-state index in [0.717, 1.165) is 0 Å². The summed E-state index contributed by atoms with van der Waals surface area (Å²) in [6.45, 7) is 5.55. The van der Waals surface area contributed by atoms with Crippen molar-refractivity contribution in [2.45, 2.75) is 45.6 Å². The van der Waals surface area contributed by atoms with Crippen LogP contribution in [0, 0.1) is 6.92 Å². The van der Waals surface area contributed by atoms with Crippen molar-refractivity contribution in [2.75, 3.05) is 11.9 Å². The van der Waals surface area contributed by atoms with E-state index in [1.807, 2.05) is 0 Å². The van der Waals surface area contributed by atoms with Crippen molar-refractivity contribution in [2.24, 2.45) is 0 Å². The molecule has 1 amide bonds. The Bertz CT molecular complexity index is 620. The lowest BCUT2D eigenvalue weighted by molar-refractivity contribution is -0.205. The van der Waals surface area contributed by atoms with Gasteiger partial charge in [-0.3, -0.25) is 5.32 Å². The highest BCUT2D eigenvalue weighted by Gasteiger charge is 2.64. The number of alkyl carbamates (subject to hydrolysis) is 1. The van der Waals surface area contributed by atoms with Gasteiger partial charge in [0.15, 0.2) is 0 Å². The molecule has 0 aliphatic rings. The SMILES string of the molecule is CCOC(=O)C(NC(=O)OC(C)C)(Nc1ccccc1C)C(F)(F)F. The number of carbonyl (C=O) groups is 2. The van der Waals surface area contributed by atoms with Crippen molar-refractivity contribution in [3.8, 4) is 0 Å². The van der Waals surface area contributed by atoms with Gasteiger partial charge >= 0.3 is 23.9 Å². The number of nitrogens with one attached hydrogen (secondary N) is 2. The van der Waals surface area contributed by atoms with E-state index in [9.17, 15) is 22.8 Å². The van der Waals surface area contributed by atoms with Crippen LogP contribution in [0.25, 0.3) is 0 Å². The largest absolute Gasteiger partial charge is 0.463 e. The number of amides is 1. The molecule has 0 saturated heterocycles. The number of hydrogen-bond donors (Lipinski definition) is 2. The smallest absolute Gasteiger partial charge is 0.442 e. The van der Waals surface area contributed by atoms with Gasteiger partial charge in [0.2, 0.25) is 0 Å². The molecule has 0 heterocycles. The van der Waals surface area contributed by atoms with Crippen LogP contribution in [0.3, 0.4) is 0 Å². The minimum Gasteiger partial charge on any atom is -0.463 e. The van der Waals surface area contributed by atoms with Crippen LogP contribution in [0.5, 0.6) is 0 Å². The molecule has 0 radical (unpaired) electrons. The Morgan fingerprint density at radius 2 is 1.80 bits per heavy atom. The Hall–Kier alpha value is -2.45. The summed E-state index contributed by atoms with van der Waals surface area (Å²) in [6.07, 6.45) is -7.27. The molecule has 2 N–H and O–H groups in total. The van der Waals surface area contributed by atoms with Gasteiger partial charge in [-0.15, -0.1) is 0 Å². The lowest BCUT2D eigenvalue weighted by Gasteiger charge is -2.35. The van der Waals surface area contributed by atoms with Crippen molar-refractivity contribution in [1.82, 2.24) is 5.32 Å². The normalized spacial score (nSPS) is 13.8. The highest BCUT2D eigenvalue weighted by Crippen LogP contribution is 2.34. The molecule has 1 unspecified atom stereocenters. The maximum absolute atomic E-state index is 13.8. The molecule has 1 aromatic rings. The molecule has 0 fully saturated rings. The van der Waals surface area contributed by atoms with Crippen LogP contribution in [0.4, 0.5) is 23.7 Å². The maximum Gasteiger partial charge on any atom is 0.442 e. The van der Waals surface area contributed by atoms with Crippen molar-refractivity contribution in [3.63, 3.8) is 0 Å². The van der Waals surface area contributed by atoms with Crippen molar-refractivity contribution >= 4 is 17.7 Å². The monoisotopic (exact) mass is 362 g/mol. The van der Waals surface area contributed by atoms with Gasteiger partial charge in [0.05, 0.1) is 12.7 Å². The number of alkyl halides is 3. The average Bonchev–Trinajstić information content (AvgIpc) is 2.46. The molecule has 25 heavy (non-hydrogen) atoms. The second kappa shape index (κ2) is 8.09. The summed E-state index contributed by atoms with van der Waals surface area (Å²) in [7, 11) is 0. The van der Waals surface area contributed by atoms with Gasteiger partial charge in [-0.25, -0.2) is 9.59 Å². The van der Waals surface area contributed by atoms with Gasteiger partial charge in [-0.05, 0) is 39.3 Å². The molecule has 0 saturated carbocycles. The first-order valence-electron chi connectivity index (χ1n) is 7.60. The highest BCUT2D eigenvalue weighted by atomic mass is 19.4. The van der Waals surface area contributed by atoms with Crippen LogP contribution >= 0.6 is 0 Å². The van der Waals surface area contributed by atoms with E-state index in [1.165, 1.54) is 32.9 Å². The summed E-state index contributed by atoms with van der Waals surface area (Å²) in [4.78, 5) is 24.0. The van der Waals surface area contributed by atoms with Gasteiger partial charge in [0, 0.05) is 5.69 Å². The molecule has 140 valence electrons. The molecule has 6 nitrogen and oxygen atoms in total. The number of halogens is 3. The molecule has 0 aromatic heterocycles. The fourth-order valence-corrected chi connectivity index (χ4v) is 1.94. The number of esters is 1. The molecule has 9 heteroatoms. The highest BCUT2D eigenvalue weighted by molar-refractivity contribution is 5.89. The molecular weight excluding hydrogens is 341 g/mol. The Balaban J connectivity index is 3.37. The Morgan fingerprint density at radius 3 is 2.28 bits per heavy atom. The Kier molecular flexibility index (Phi) is 6.66. The van der Waals surface area contributed by atoms with Crippen LogP contribution in [-0.2, 0) is 14.3 Å². The van der Waals surface area contributed by atoms with E-state index < -0.39 is 30.0 Å². The third-order valence-corrected chi connectivity index (χ3v) is 3.11. The summed E-state index contributed by atoms with van der Waals surface area (Å²) in [5.74, 6) is -1.69. The van der Waals surface area contributed by atoms with Gasteiger partial charge in [-0.2, -0.15) is 13.2 Å². The maximum atomic E-state index is 13.8. The lowest BCUT2D eigenvalue weighted by Crippen LogP contribution is -2.69. The van der Waals surface area contributed by atoms with Crippen molar-refractivity contribution in [3.05, 3.63) is 29.8 Å². The predicted molar refractivity (Wildman–Crippen MR) is 85.0 cm³/mol. The summed E-state index contributed by atoms with van der Waals surface area (Å²) in [5, 5.41) is 3.67. The topological polar surface area (TPSA) is 76.7 Å². The van der Waals surface area contributed by atoms with Crippen LogP contribution < -0.4 is 10.6 Å². The molecule has 1 rings (SSSR count). The zero-order valence-electron chi connectivity index (χ0n) is 14.4. The number of para-hydroxylation sites is 1. The summed E-state index contributed by atoms with van der Waals surface area (Å²) < 4.78 is 50.8. The van der Waals surface area contributed by atoms with E-state index in [2.05, 4.69) is 10.1 Å². The fourth-order valence-electron chi connectivity index (χ4n) is 1.94. The van der Waals surface area contributed by atoms with Gasteiger partial charge in [-0.1, -0.05) is 18.2 Å². The number of anilines is 1. The van der Waals surface area contributed by atoms with E-state index in [-0.39, 0.29) is 12.3 Å². The predicted octanol–water partition coefficient (Wildman–Crippen LogP) is 3.36. The summed E-state index contributed by atoms with van der Waals surface area (Å²) >= 11 is 0. The van der Waals surface area contributed by atoms with Crippen molar-refractivity contribution < 1.29 is 32.2 Å². The second-order valence-corrected chi connectivity index (χ2v) is 5.49. The number of hydrogen-bond acceptors (Lipinski definition) is 5. The minimum absolute atomic E-state index is 0.0118. The number of benzene rings is 1. The zero-order valence-corrected chi connectivity index (χ0v) is 14.4. The quantitative estimate of drug-likeness (QED) is 0.599. The number of rotatable bonds is 6. The molecule has 0 spiro atoms. The van der Waals surface area contributed by atoms with Crippen LogP contribution in [0.2, 0.25) is 0 Å². The van der Waals surface area contributed by atoms with Crippen LogP contribution in [-0.4, -0.2) is 36.6 Å². The lowest BCUT2D eigenvalue weighted by atomic mass is 10.1. The molecule has 1 atom stereocenters. The Labute approximate surface area is 143 Å². The molecule has 0 aliphatic carbocycles. The third-order valence-electron chi connectivity index (χ3n) is 3.11. The molecule has 0 aliphatic heterocycles. The standard InChI is InChI=1S/C16H21F3N2O4/c1-5-24-13(22)15(16(17,18)19,21-14(23)25-10(2)3)20-12-9-7-6-8-11(12)4/h6-10,20H,5H2,1-4H3,(H,21,23). The number of carbonyl (C=O) groups excluding carboxylic acids is 2. The van der Waals surface area contributed by atoms with Gasteiger partial charge in [0.25, 0.3) is 0 Å². The third kappa shape index (κ3) is 5.01. The first-order valence-corrected chi connectivity index (χ1v) is 7.60. The second-order valence-electron chi connectivity index (χ2n) is 5.49.